The molecule has 0 fully saturated rings. The molecule has 41 heavy (non-hydrogen) atoms. The Bertz CT molecular complexity index is 1370. The van der Waals surface area contributed by atoms with Crippen LogP contribution in [0.15, 0.2) is 72.8 Å². The third-order valence-electron chi connectivity index (χ3n) is 7.14. The summed E-state index contributed by atoms with van der Waals surface area (Å²) in [5.41, 5.74) is 9.19. The largest absolute Gasteiger partial charge is 0.584 e. The molecule has 0 atom stereocenters. The fraction of sp³-hybridized carbons (Fsp3) is 0.294. The second-order valence-corrected chi connectivity index (χ2v) is 11.8. The molecular formula is C34H39O6P. The van der Waals surface area contributed by atoms with Crippen molar-refractivity contribution in [2.24, 2.45) is 0 Å². The normalized spacial score (nSPS) is 11.3. The number of phosphoric acid groups is 1. The molecule has 0 unspecified atom stereocenters. The van der Waals surface area contributed by atoms with Crippen LogP contribution in [0.4, 0.5) is 0 Å². The summed E-state index contributed by atoms with van der Waals surface area (Å²) >= 11 is 0. The Morgan fingerprint density at radius 1 is 0.537 bits per heavy atom. The van der Waals surface area contributed by atoms with Gasteiger partial charge in [-0.15, -0.1) is 0 Å². The molecule has 0 saturated carbocycles. The SMILES string of the molecule is COc1c(C)cc(CCc2ccc(OP(=O)(O)Oc3ccc(CCc4cc(C)c(OC)c(C)c4)cc3)cc2)cc1C. The van der Waals surface area contributed by atoms with Crippen LogP contribution in [0.5, 0.6) is 23.0 Å². The van der Waals surface area contributed by atoms with Gasteiger partial charge in [0.2, 0.25) is 0 Å². The molecule has 7 heteroatoms. The maximum absolute atomic E-state index is 12.7. The zero-order chi connectivity index (χ0) is 29.6. The van der Waals surface area contributed by atoms with Gasteiger partial charge in [0.25, 0.3) is 0 Å². The molecule has 4 rings (SSSR count). The highest BCUT2D eigenvalue weighted by molar-refractivity contribution is 7.48. The number of ether oxygens (including phenoxy) is 2. The molecule has 0 aliphatic carbocycles. The van der Waals surface area contributed by atoms with E-state index in [1.807, 2.05) is 24.3 Å². The van der Waals surface area contributed by atoms with Crippen molar-refractivity contribution in [2.75, 3.05) is 14.2 Å². The number of rotatable bonds is 12. The summed E-state index contributed by atoms with van der Waals surface area (Å²) in [5, 5.41) is 0. The molecule has 0 aliphatic heterocycles. The fourth-order valence-electron chi connectivity index (χ4n) is 5.31. The first-order valence-electron chi connectivity index (χ1n) is 13.7. The van der Waals surface area contributed by atoms with Crippen LogP contribution in [0.3, 0.4) is 0 Å². The van der Waals surface area contributed by atoms with Crippen molar-refractivity contribution in [3.63, 3.8) is 0 Å². The third-order valence-corrected chi connectivity index (χ3v) is 8.02. The van der Waals surface area contributed by atoms with Gasteiger partial charge in [-0.1, -0.05) is 48.5 Å². The second-order valence-electron chi connectivity index (χ2n) is 10.5. The Morgan fingerprint density at radius 2 is 0.829 bits per heavy atom. The summed E-state index contributed by atoms with van der Waals surface area (Å²) in [6.07, 6.45) is 3.43. The lowest BCUT2D eigenvalue weighted by Gasteiger charge is -2.15. The van der Waals surface area contributed by atoms with E-state index in [1.54, 1.807) is 38.5 Å². The Balaban J connectivity index is 1.29. The van der Waals surface area contributed by atoms with Crippen LogP contribution in [0, 0.1) is 27.7 Å². The monoisotopic (exact) mass is 574 g/mol. The molecule has 1 N–H and O–H groups in total. The van der Waals surface area contributed by atoms with E-state index >= 15 is 0 Å². The summed E-state index contributed by atoms with van der Waals surface area (Å²) in [7, 11) is -0.969. The lowest BCUT2D eigenvalue weighted by Crippen LogP contribution is -2.01. The molecule has 0 heterocycles. The number of hydrogen-bond donors (Lipinski definition) is 1. The molecule has 4 aromatic carbocycles. The maximum Gasteiger partial charge on any atom is 0.584 e. The smallest absolute Gasteiger partial charge is 0.496 e. The molecule has 0 bridgehead atoms. The number of hydrogen-bond acceptors (Lipinski definition) is 5. The molecule has 6 nitrogen and oxygen atoms in total. The number of methoxy groups -OCH3 is 2. The van der Waals surface area contributed by atoms with Gasteiger partial charge in [0.05, 0.1) is 14.2 Å². The van der Waals surface area contributed by atoms with E-state index in [0.717, 1.165) is 70.6 Å². The summed E-state index contributed by atoms with van der Waals surface area (Å²) in [6, 6.07) is 23.0. The molecule has 4 aromatic rings. The van der Waals surface area contributed by atoms with E-state index < -0.39 is 7.82 Å². The predicted molar refractivity (Wildman–Crippen MR) is 164 cm³/mol. The van der Waals surface area contributed by atoms with E-state index in [9.17, 15) is 9.46 Å². The second kappa shape index (κ2) is 13.3. The minimum Gasteiger partial charge on any atom is -0.496 e. The Kier molecular flexibility index (Phi) is 9.80. The summed E-state index contributed by atoms with van der Waals surface area (Å²) in [5.74, 6) is 2.41. The lowest BCUT2D eigenvalue weighted by molar-refractivity contribution is 0.291. The Labute approximate surface area is 243 Å². The van der Waals surface area contributed by atoms with Crippen LogP contribution in [-0.4, -0.2) is 19.1 Å². The van der Waals surface area contributed by atoms with Gasteiger partial charge in [0, 0.05) is 0 Å². The molecule has 0 spiro atoms. The first-order valence-corrected chi connectivity index (χ1v) is 15.2. The minimum absolute atomic E-state index is 0.275. The van der Waals surface area contributed by atoms with Gasteiger partial charge in [-0.25, -0.2) is 4.57 Å². The highest BCUT2D eigenvalue weighted by Crippen LogP contribution is 2.44. The average molecular weight is 575 g/mol. The first-order chi connectivity index (χ1) is 19.6. The summed E-state index contributed by atoms with van der Waals surface area (Å²) in [4.78, 5) is 10.3. The maximum atomic E-state index is 12.7. The highest BCUT2D eigenvalue weighted by atomic mass is 31.2. The summed E-state index contributed by atoms with van der Waals surface area (Å²) < 4.78 is 34.2. The quantitative estimate of drug-likeness (QED) is 0.173. The van der Waals surface area contributed by atoms with Crippen LogP contribution in [-0.2, 0) is 30.2 Å². The van der Waals surface area contributed by atoms with Crippen LogP contribution in [0.2, 0.25) is 0 Å². The van der Waals surface area contributed by atoms with Crippen molar-refractivity contribution in [3.8, 4) is 23.0 Å². The van der Waals surface area contributed by atoms with E-state index in [-0.39, 0.29) is 11.5 Å². The van der Waals surface area contributed by atoms with Crippen LogP contribution in [0.1, 0.15) is 44.5 Å². The lowest BCUT2D eigenvalue weighted by atomic mass is 10.00. The van der Waals surface area contributed by atoms with Crippen molar-refractivity contribution in [3.05, 3.63) is 117 Å². The van der Waals surface area contributed by atoms with Crippen molar-refractivity contribution in [1.82, 2.24) is 0 Å². The van der Waals surface area contributed by atoms with Gasteiger partial charge in [-0.05, 0) is 122 Å². The van der Waals surface area contributed by atoms with E-state index in [1.165, 1.54) is 11.1 Å². The van der Waals surface area contributed by atoms with Gasteiger partial charge in [0.15, 0.2) is 0 Å². The zero-order valence-corrected chi connectivity index (χ0v) is 25.6. The van der Waals surface area contributed by atoms with Crippen LogP contribution < -0.4 is 18.5 Å². The first kappa shape index (κ1) is 30.2. The molecule has 0 saturated heterocycles. The van der Waals surface area contributed by atoms with E-state index in [4.69, 9.17) is 18.5 Å². The van der Waals surface area contributed by atoms with Gasteiger partial charge >= 0.3 is 7.82 Å². The Hall–Kier alpha value is -3.73. The van der Waals surface area contributed by atoms with Gasteiger partial charge in [-0.3, -0.25) is 4.89 Å². The van der Waals surface area contributed by atoms with Crippen molar-refractivity contribution < 1.29 is 28.0 Å². The summed E-state index contributed by atoms with van der Waals surface area (Å²) in [6.45, 7) is 8.21. The van der Waals surface area contributed by atoms with Crippen molar-refractivity contribution >= 4 is 7.82 Å². The number of aryl methyl sites for hydroxylation is 8. The zero-order valence-electron chi connectivity index (χ0n) is 24.7. The predicted octanol–water partition coefficient (Wildman–Crippen LogP) is 8.07. The van der Waals surface area contributed by atoms with E-state index in [2.05, 4.69) is 52.0 Å². The molecule has 0 aromatic heterocycles. The van der Waals surface area contributed by atoms with Crippen LogP contribution in [0.25, 0.3) is 0 Å². The van der Waals surface area contributed by atoms with E-state index in [0.29, 0.717) is 0 Å². The van der Waals surface area contributed by atoms with Crippen molar-refractivity contribution in [1.29, 1.82) is 0 Å². The molecule has 0 radical (unpaired) electrons. The topological polar surface area (TPSA) is 74.2 Å². The van der Waals surface area contributed by atoms with Crippen LogP contribution >= 0.6 is 7.82 Å². The Morgan fingerprint density at radius 3 is 1.12 bits per heavy atom. The fourth-order valence-corrected chi connectivity index (χ4v) is 6.12. The third kappa shape index (κ3) is 8.16. The molecule has 216 valence electrons. The molecular weight excluding hydrogens is 535 g/mol. The standard InChI is InChI=1S/C34H39O6P/c1-23-19-29(20-24(2)33(23)37-5)9-7-27-11-15-31(16-12-27)39-41(35,36)40-32-17-13-28(14-18-32)8-10-30-21-25(3)34(38-6)26(4)22-30/h11-22H,7-10H2,1-6H3,(H,35,36). The van der Waals surface area contributed by atoms with Gasteiger partial charge < -0.3 is 18.5 Å². The average Bonchev–Trinajstić information content (AvgIpc) is 2.92. The number of phosphoric ester groups is 1. The van der Waals surface area contributed by atoms with Gasteiger partial charge in [0.1, 0.15) is 23.0 Å². The minimum atomic E-state index is -4.35. The van der Waals surface area contributed by atoms with Gasteiger partial charge in [-0.2, -0.15) is 0 Å². The van der Waals surface area contributed by atoms with Crippen molar-refractivity contribution in [2.45, 2.75) is 53.4 Å². The molecule has 0 amide bonds. The number of benzene rings is 4. The molecule has 0 aliphatic rings. The highest BCUT2D eigenvalue weighted by Gasteiger charge is 2.25.